The average Bonchev–Trinajstić information content (AvgIpc) is 2.13. The molecule has 0 aliphatic rings. The molecule has 0 aliphatic carbocycles. The summed E-state index contributed by atoms with van der Waals surface area (Å²) in [6.45, 7) is 8.02. The van der Waals surface area contributed by atoms with Gasteiger partial charge in [0.15, 0.2) is 0 Å². The standard InChI is InChI=1S/C11H24N2O2/c1-9(2)8-15-7-6-13-11(14)5-4-10(3)12/h9-10H,4-8,12H2,1-3H3,(H,13,14). The minimum Gasteiger partial charge on any atom is -0.379 e. The van der Waals surface area contributed by atoms with Gasteiger partial charge in [0.1, 0.15) is 0 Å². The highest BCUT2D eigenvalue weighted by molar-refractivity contribution is 5.75. The summed E-state index contributed by atoms with van der Waals surface area (Å²) in [7, 11) is 0. The van der Waals surface area contributed by atoms with Crippen molar-refractivity contribution in [1.29, 1.82) is 0 Å². The van der Waals surface area contributed by atoms with Gasteiger partial charge in [0.05, 0.1) is 6.61 Å². The van der Waals surface area contributed by atoms with Crippen molar-refractivity contribution in [3.8, 4) is 0 Å². The molecule has 0 heterocycles. The maximum atomic E-state index is 11.2. The fraction of sp³-hybridized carbons (Fsp3) is 0.909. The van der Waals surface area contributed by atoms with E-state index in [9.17, 15) is 4.79 Å². The fourth-order valence-electron chi connectivity index (χ4n) is 1.03. The van der Waals surface area contributed by atoms with Crippen LogP contribution in [0.25, 0.3) is 0 Å². The van der Waals surface area contributed by atoms with Gasteiger partial charge in [-0.1, -0.05) is 13.8 Å². The van der Waals surface area contributed by atoms with Crippen molar-refractivity contribution in [2.75, 3.05) is 19.8 Å². The molecule has 0 saturated heterocycles. The van der Waals surface area contributed by atoms with Gasteiger partial charge in [0.2, 0.25) is 5.91 Å². The van der Waals surface area contributed by atoms with Crippen LogP contribution < -0.4 is 11.1 Å². The molecule has 3 N–H and O–H groups in total. The molecule has 0 fully saturated rings. The molecule has 90 valence electrons. The second-order valence-corrected chi connectivity index (χ2v) is 4.33. The first kappa shape index (κ1) is 14.4. The van der Waals surface area contributed by atoms with Crippen molar-refractivity contribution in [3.63, 3.8) is 0 Å². The van der Waals surface area contributed by atoms with Crippen molar-refractivity contribution in [1.82, 2.24) is 5.32 Å². The lowest BCUT2D eigenvalue weighted by Crippen LogP contribution is -2.29. The third-order valence-electron chi connectivity index (χ3n) is 1.85. The number of hydrogen-bond donors (Lipinski definition) is 2. The highest BCUT2D eigenvalue weighted by Crippen LogP contribution is 1.93. The quantitative estimate of drug-likeness (QED) is 0.593. The third-order valence-corrected chi connectivity index (χ3v) is 1.85. The molecule has 0 aromatic heterocycles. The lowest BCUT2D eigenvalue weighted by molar-refractivity contribution is -0.121. The van der Waals surface area contributed by atoms with Crippen LogP contribution in [0.4, 0.5) is 0 Å². The van der Waals surface area contributed by atoms with Crippen LogP contribution in [-0.2, 0) is 9.53 Å². The smallest absolute Gasteiger partial charge is 0.220 e. The zero-order chi connectivity index (χ0) is 11.7. The van der Waals surface area contributed by atoms with Crippen LogP contribution in [-0.4, -0.2) is 31.7 Å². The Morgan fingerprint density at radius 1 is 1.40 bits per heavy atom. The van der Waals surface area contributed by atoms with Gasteiger partial charge >= 0.3 is 0 Å². The molecule has 1 unspecified atom stereocenters. The number of nitrogens with two attached hydrogens (primary N) is 1. The van der Waals surface area contributed by atoms with Crippen LogP contribution >= 0.6 is 0 Å². The third kappa shape index (κ3) is 11.3. The molecular formula is C11H24N2O2. The van der Waals surface area contributed by atoms with Crippen LogP contribution in [0.2, 0.25) is 0 Å². The number of amides is 1. The van der Waals surface area contributed by atoms with Gasteiger partial charge in [0, 0.05) is 25.6 Å². The Kier molecular flexibility index (Phi) is 8.33. The Bertz CT molecular complexity index is 170. The molecule has 0 spiro atoms. The Morgan fingerprint density at radius 2 is 2.07 bits per heavy atom. The number of nitrogens with one attached hydrogen (secondary N) is 1. The van der Waals surface area contributed by atoms with Gasteiger partial charge in [-0.2, -0.15) is 0 Å². The Morgan fingerprint density at radius 3 is 2.60 bits per heavy atom. The first-order valence-electron chi connectivity index (χ1n) is 5.62. The summed E-state index contributed by atoms with van der Waals surface area (Å²) >= 11 is 0. The molecule has 1 amide bonds. The van der Waals surface area contributed by atoms with Crippen molar-refractivity contribution < 1.29 is 9.53 Å². The molecule has 0 radical (unpaired) electrons. The van der Waals surface area contributed by atoms with E-state index >= 15 is 0 Å². The normalized spacial score (nSPS) is 12.9. The predicted octanol–water partition coefficient (Wildman–Crippen LogP) is 0.903. The SMILES string of the molecule is CC(C)COCCNC(=O)CCC(C)N. The molecule has 0 bridgehead atoms. The first-order valence-corrected chi connectivity index (χ1v) is 5.62. The summed E-state index contributed by atoms with van der Waals surface area (Å²) < 4.78 is 5.33. The van der Waals surface area contributed by atoms with Gasteiger partial charge in [-0.15, -0.1) is 0 Å². The zero-order valence-electron chi connectivity index (χ0n) is 10.1. The van der Waals surface area contributed by atoms with Crippen LogP contribution in [0.5, 0.6) is 0 Å². The van der Waals surface area contributed by atoms with Gasteiger partial charge in [-0.3, -0.25) is 4.79 Å². The molecule has 4 heteroatoms. The first-order chi connectivity index (χ1) is 7.02. The maximum Gasteiger partial charge on any atom is 0.220 e. The summed E-state index contributed by atoms with van der Waals surface area (Å²) in [6, 6.07) is 0.0907. The Hall–Kier alpha value is -0.610. The van der Waals surface area contributed by atoms with Gasteiger partial charge in [-0.05, 0) is 19.3 Å². The Balaban J connectivity index is 3.24. The molecule has 0 aliphatic heterocycles. The summed E-state index contributed by atoms with van der Waals surface area (Å²) in [5.74, 6) is 0.597. The van der Waals surface area contributed by atoms with Crippen molar-refractivity contribution in [3.05, 3.63) is 0 Å². The summed E-state index contributed by atoms with van der Waals surface area (Å²) in [5.41, 5.74) is 5.55. The van der Waals surface area contributed by atoms with Crippen LogP contribution in [0.15, 0.2) is 0 Å². The fourth-order valence-corrected chi connectivity index (χ4v) is 1.03. The lowest BCUT2D eigenvalue weighted by atomic mass is 10.2. The number of rotatable bonds is 8. The maximum absolute atomic E-state index is 11.2. The van der Waals surface area contributed by atoms with E-state index in [0.29, 0.717) is 25.5 Å². The van der Waals surface area contributed by atoms with E-state index in [1.54, 1.807) is 0 Å². The minimum absolute atomic E-state index is 0.0560. The Labute approximate surface area is 92.6 Å². The second-order valence-electron chi connectivity index (χ2n) is 4.33. The summed E-state index contributed by atoms with van der Waals surface area (Å²) in [6.07, 6.45) is 1.24. The van der Waals surface area contributed by atoms with E-state index in [-0.39, 0.29) is 11.9 Å². The molecular weight excluding hydrogens is 192 g/mol. The van der Waals surface area contributed by atoms with E-state index in [4.69, 9.17) is 10.5 Å². The lowest BCUT2D eigenvalue weighted by Gasteiger charge is -2.08. The van der Waals surface area contributed by atoms with E-state index in [2.05, 4.69) is 19.2 Å². The summed E-state index contributed by atoms with van der Waals surface area (Å²) in [4.78, 5) is 11.2. The van der Waals surface area contributed by atoms with Gasteiger partial charge in [0.25, 0.3) is 0 Å². The highest BCUT2D eigenvalue weighted by atomic mass is 16.5. The number of carbonyl (C=O) groups is 1. The van der Waals surface area contributed by atoms with Gasteiger partial charge < -0.3 is 15.8 Å². The van der Waals surface area contributed by atoms with Crippen LogP contribution in [0.1, 0.15) is 33.6 Å². The predicted molar refractivity (Wildman–Crippen MR) is 61.6 cm³/mol. The monoisotopic (exact) mass is 216 g/mol. The van der Waals surface area contributed by atoms with Crippen molar-refractivity contribution in [2.45, 2.75) is 39.7 Å². The molecule has 0 aromatic rings. The zero-order valence-corrected chi connectivity index (χ0v) is 10.1. The van der Waals surface area contributed by atoms with E-state index < -0.39 is 0 Å². The highest BCUT2D eigenvalue weighted by Gasteiger charge is 2.02. The largest absolute Gasteiger partial charge is 0.379 e. The molecule has 15 heavy (non-hydrogen) atoms. The average molecular weight is 216 g/mol. The molecule has 4 nitrogen and oxygen atoms in total. The van der Waals surface area contributed by atoms with Crippen LogP contribution in [0, 0.1) is 5.92 Å². The van der Waals surface area contributed by atoms with E-state index in [1.807, 2.05) is 6.92 Å². The van der Waals surface area contributed by atoms with Gasteiger partial charge in [-0.25, -0.2) is 0 Å². The second kappa shape index (κ2) is 8.68. The topological polar surface area (TPSA) is 64.3 Å². The number of hydrogen-bond acceptors (Lipinski definition) is 3. The molecule has 0 saturated carbocycles. The number of ether oxygens (including phenoxy) is 1. The molecule has 0 rings (SSSR count). The minimum atomic E-state index is 0.0560. The molecule has 1 atom stereocenters. The summed E-state index contributed by atoms with van der Waals surface area (Å²) in [5, 5.41) is 2.79. The van der Waals surface area contributed by atoms with Crippen molar-refractivity contribution in [2.24, 2.45) is 11.7 Å². The van der Waals surface area contributed by atoms with E-state index in [0.717, 1.165) is 13.0 Å². The van der Waals surface area contributed by atoms with E-state index in [1.165, 1.54) is 0 Å². The van der Waals surface area contributed by atoms with Crippen molar-refractivity contribution >= 4 is 5.91 Å². The van der Waals surface area contributed by atoms with Crippen LogP contribution in [0.3, 0.4) is 0 Å². The number of carbonyl (C=O) groups excluding carboxylic acids is 1. The molecule has 0 aromatic carbocycles.